The minimum absolute atomic E-state index is 0.0422. The van der Waals surface area contributed by atoms with Crippen molar-refractivity contribution in [3.63, 3.8) is 0 Å². The first kappa shape index (κ1) is 9.43. The molecule has 13 heavy (non-hydrogen) atoms. The highest BCUT2D eigenvalue weighted by atomic mass is 32.2. The molecule has 0 aromatic heterocycles. The van der Waals surface area contributed by atoms with Crippen molar-refractivity contribution in [3.8, 4) is 0 Å². The molecule has 5 heteroatoms. The van der Waals surface area contributed by atoms with Gasteiger partial charge in [0.25, 0.3) is 0 Å². The zero-order valence-corrected chi connectivity index (χ0v) is 8.50. The largest absolute Gasteiger partial charge is 0.393 e. The van der Waals surface area contributed by atoms with Crippen LogP contribution in [0.3, 0.4) is 0 Å². The van der Waals surface area contributed by atoms with Crippen molar-refractivity contribution >= 4 is 10.0 Å². The van der Waals surface area contributed by atoms with Gasteiger partial charge in [0.2, 0.25) is 10.0 Å². The highest BCUT2D eigenvalue weighted by molar-refractivity contribution is 7.90. The Labute approximate surface area is 78.6 Å². The zero-order chi connectivity index (χ0) is 9.64. The second-order valence-electron chi connectivity index (χ2n) is 4.04. The number of sulfonamides is 1. The van der Waals surface area contributed by atoms with Gasteiger partial charge in [-0.2, -0.15) is 0 Å². The van der Waals surface area contributed by atoms with E-state index in [1.165, 1.54) is 4.31 Å². The molecule has 0 aromatic carbocycles. The van der Waals surface area contributed by atoms with Gasteiger partial charge in [0.05, 0.1) is 11.4 Å². The SMILES string of the molecule is CN(C1CC(O)C1)S(=O)(=O)C1CC1. The van der Waals surface area contributed by atoms with Gasteiger partial charge >= 0.3 is 0 Å². The molecule has 0 atom stereocenters. The fraction of sp³-hybridized carbons (Fsp3) is 1.00. The number of aliphatic hydroxyl groups excluding tert-OH is 1. The van der Waals surface area contributed by atoms with E-state index < -0.39 is 10.0 Å². The lowest BCUT2D eigenvalue weighted by Gasteiger charge is -2.37. The van der Waals surface area contributed by atoms with Crippen LogP contribution in [0.25, 0.3) is 0 Å². The van der Waals surface area contributed by atoms with Crippen LogP contribution in [0.1, 0.15) is 25.7 Å². The molecule has 2 fully saturated rings. The average molecular weight is 205 g/mol. The second-order valence-corrected chi connectivity index (χ2v) is 6.31. The normalized spacial score (nSPS) is 34.7. The van der Waals surface area contributed by atoms with E-state index in [2.05, 4.69) is 0 Å². The van der Waals surface area contributed by atoms with E-state index in [-0.39, 0.29) is 17.4 Å². The molecule has 76 valence electrons. The Morgan fingerprint density at radius 1 is 1.31 bits per heavy atom. The predicted molar refractivity (Wildman–Crippen MR) is 48.7 cm³/mol. The molecule has 0 spiro atoms. The first-order valence-electron chi connectivity index (χ1n) is 4.66. The Kier molecular flexibility index (Phi) is 2.13. The topological polar surface area (TPSA) is 57.6 Å². The molecule has 0 heterocycles. The van der Waals surface area contributed by atoms with Gasteiger partial charge in [-0.3, -0.25) is 0 Å². The molecule has 0 unspecified atom stereocenters. The Hall–Kier alpha value is -0.130. The van der Waals surface area contributed by atoms with Crippen molar-refractivity contribution in [1.29, 1.82) is 0 Å². The van der Waals surface area contributed by atoms with Gasteiger partial charge in [0.1, 0.15) is 0 Å². The molecular formula is C8H15NO3S. The minimum Gasteiger partial charge on any atom is -0.393 e. The Bertz CT molecular complexity index is 291. The molecule has 0 radical (unpaired) electrons. The maximum absolute atomic E-state index is 11.7. The van der Waals surface area contributed by atoms with Crippen molar-refractivity contribution in [2.45, 2.75) is 43.1 Å². The average Bonchev–Trinajstić information content (AvgIpc) is 2.79. The van der Waals surface area contributed by atoms with Gasteiger partial charge in [0, 0.05) is 13.1 Å². The van der Waals surface area contributed by atoms with Crippen LogP contribution in [0.15, 0.2) is 0 Å². The summed E-state index contributed by atoms with van der Waals surface area (Å²) in [7, 11) is -1.40. The van der Waals surface area contributed by atoms with Gasteiger partial charge in [-0.05, 0) is 25.7 Å². The Morgan fingerprint density at radius 2 is 1.85 bits per heavy atom. The van der Waals surface area contributed by atoms with Gasteiger partial charge in [-0.25, -0.2) is 12.7 Å². The highest BCUT2D eigenvalue weighted by Crippen LogP contribution is 2.35. The van der Waals surface area contributed by atoms with Crippen LogP contribution >= 0.6 is 0 Å². The maximum atomic E-state index is 11.7. The molecule has 0 bridgehead atoms. The van der Waals surface area contributed by atoms with Crippen LogP contribution in [0.2, 0.25) is 0 Å². The lowest BCUT2D eigenvalue weighted by Crippen LogP contribution is -2.48. The van der Waals surface area contributed by atoms with Gasteiger partial charge < -0.3 is 5.11 Å². The Balaban J connectivity index is 2.00. The molecule has 0 amide bonds. The van der Waals surface area contributed by atoms with Crippen LogP contribution in [-0.2, 0) is 10.0 Å². The molecule has 2 rings (SSSR count). The second kappa shape index (κ2) is 2.93. The molecule has 2 aliphatic carbocycles. The van der Waals surface area contributed by atoms with Gasteiger partial charge in [0.15, 0.2) is 0 Å². The summed E-state index contributed by atoms with van der Waals surface area (Å²) < 4.78 is 24.8. The van der Waals surface area contributed by atoms with Crippen molar-refractivity contribution in [1.82, 2.24) is 4.31 Å². The zero-order valence-electron chi connectivity index (χ0n) is 7.68. The third-order valence-corrected chi connectivity index (χ3v) is 5.36. The van der Waals surface area contributed by atoms with Crippen LogP contribution in [0.5, 0.6) is 0 Å². The molecule has 0 aliphatic heterocycles. The number of nitrogens with zero attached hydrogens (tertiary/aromatic N) is 1. The predicted octanol–water partition coefficient (Wildman–Crippen LogP) is -0.0663. The molecule has 2 aliphatic rings. The van der Waals surface area contributed by atoms with Crippen molar-refractivity contribution in [3.05, 3.63) is 0 Å². The molecule has 4 nitrogen and oxygen atoms in total. The van der Waals surface area contributed by atoms with Crippen LogP contribution < -0.4 is 0 Å². The molecule has 0 aromatic rings. The van der Waals surface area contributed by atoms with E-state index in [4.69, 9.17) is 5.11 Å². The fourth-order valence-electron chi connectivity index (χ4n) is 1.66. The Morgan fingerprint density at radius 3 is 2.23 bits per heavy atom. The fourth-order valence-corrected chi connectivity index (χ4v) is 3.45. The number of hydrogen-bond donors (Lipinski definition) is 1. The van der Waals surface area contributed by atoms with Gasteiger partial charge in [-0.1, -0.05) is 0 Å². The quantitative estimate of drug-likeness (QED) is 0.702. The van der Waals surface area contributed by atoms with Crippen LogP contribution in [0, 0.1) is 0 Å². The molecular weight excluding hydrogens is 190 g/mol. The summed E-state index contributed by atoms with van der Waals surface area (Å²) in [5, 5.41) is 8.94. The lowest BCUT2D eigenvalue weighted by molar-refractivity contribution is 0.0395. The summed E-state index contributed by atoms with van der Waals surface area (Å²) in [6.07, 6.45) is 2.52. The summed E-state index contributed by atoms with van der Waals surface area (Å²) >= 11 is 0. The smallest absolute Gasteiger partial charge is 0.216 e. The van der Waals surface area contributed by atoms with E-state index in [9.17, 15) is 8.42 Å². The van der Waals surface area contributed by atoms with E-state index in [0.29, 0.717) is 12.8 Å². The van der Waals surface area contributed by atoms with Crippen LogP contribution in [-0.4, -0.2) is 42.3 Å². The third kappa shape index (κ3) is 1.60. The minimum atomic E-state index is -3.03. The van der Waals surface area contributed by atoms with E-state index in [1.54, 1.807) is 7.05 Å². The van der Waals surface area contributed by atoms with Crippen molar-refractivity contribution in [2.24, 2.45) is 0 Å². The molecule has 2 saturated carbocycles. The van der Waals surface area contributed by atoms with E-state index >= 15 is 0 Å². The molecule has 0 saturated heterocycles. The number of aliphatic hydroxyl groups is 1. The van der Waals surface area contributed by atoms with Gasteiger partial charge in [-0.15, -0.1) is 0 Å². The van der Waals surface area contributed by atoms with E-state index in [1.807, 2.05) is 0 Å². The maximum Gasteiger partial charge on any atom is 0.216 e. The summed E-state index contributed by atoms with van der Waals surface area (Å²) in [6, 6.07) is 0.0422. The van der Waals surface area contributed by atoms with Crippen molar-refractivity contribution in [2.75, 3.05) is 7.05 Å². The lowest BCUT2D eigenvalue weighted by atomic mass is 9.90. The van der Waals surface area contributed by atoms with Crippen LogP contribution in [0.4, 0.5) is 0 Å². The first-order valence-corrected chi connectivity index (χ1v) is 6.17. The summed E-state index contributed by atoms with van der Waals surface area (Å²) in [6.45, 7) is 0. The molecule has 1 N–H and O–H groups in total. The first-order chi connectivity index (χ1) is 6.01. The summed E-state index contributed by atoms with van der Waals surface area (Å²) in [5.41, 5.74) is 0. The third-order valence-electron chi connectivity index (χ3n) is 2.95. The highest BCUT2D eigenvalue weighted by Gasteiger charge is 2.43. The van der Waals surface area contributed by atoms with E-state index in [0.717, 1.165) is 12.8 Å². The van der Waals surface area contributed by atoms with Crippen molar-refractivity contribution < 1.29 is 13.5 Å². The number of rotatable bonds is 3. The number of hydrogen-bond acceptors (Lipinski definition) is 3. The summed E-state index contributed by atoms with van der Waals surface area (Å²) in [5.74, 6) is 0. The monoisotopic (exact) mass is 205 g/mol. The summed E-state index contributed by atoms with van der Waals surface area (Å²) in [4.78, 5) is 0. The standard InChI is InChI=1S/C8H15NO3S/c1-9(6-4-7(10)5-6)13(11,12)8-2-3-8/h6-8,10H,2-5H2,1H3.